The second-order valence-corrected chi connectivity index (χ2v) is 8.89. The number of fused-ring (bicyclic) bond motifs is 1. The Hall–Kier alpha value is -1.44. The lowest BCUT2D eigenvalue weighted by Gasteiger charge is -2.55. The van der Waals surface area contributed by atoms with E-state index in [1.54, 1.807) is 7.11 Å². The minimum absolute atomic E-state index is 0.0627. The van der Waals surface area contributed by atoms with Crippen LogP contribution in [0.25, 0.3) is 0 Å². The molecule has 5 atom stereocenters. The van der Waals surface area contributed by atoms with Crippen molar-refractivity contribution in [3.8, 4) is 0 Å². The van der Waals surface area contributed by atoms with Gasteiger partial charge in [-0.1, -0.05) is 13.8 Å². The zero-order valence-corrected chi connectivity index (χ0v) is 16.9. The summed E-state index contributed by atoms with van der Waals surface area (Å²) in [5.41, 5.74) is 1.27. The summed E-state index contributed by atoms with van der Waals surface area (Å²) >= 11 is 0. The van der Waals surface area contributed by atoms with Gasteiger partial charge in [0.1, 0.15) is 0 Å². The molecule has 3 aliphatic rings. The number of hydrogen-bond acceptors (Lipinski definition) is 5. The third-order valence-corrected chi connectivity index (χ3v) is 6.84. The van der Waals surface area contributed by atoms with Gasteiger partial charge in [-0.3, -0.25) is 9.48 Å². The Labute approximate surface area is 161 Å². The van der Waals surface area contributed by atoms with Crippen molar-refractivity contribution in [3.63, 3.8) is 0 Å². The molecule has 3 fully saturated rings. The van der Waals surface area contributed by atoms with E-state index in [0.29, 0.717) is 37.6 Å². The highest BCUT2D eigenvalue weighted by atomic mass is 16.5. The quantitative estimate of drug-likeness (QED) is 0.778. The summed E-state index contributed by atoms with van der Waals surface area (Å²) in [6, 6.07) is 0.523. The van der Waals surface area contributed by atoms with E-state index >= 15 is 0 Å². The van der Waals surface area contributed by atoms with Crippen LogP contribution < -0.4 is 5.32 Å². The van der Waals surface area contributed by atoms with Crippen molar-refractivity contribution in [1.29, 1.82) is 0 Å². The van der Waals surface area contributed by atoms with Gasteiger partial charge in [-0.05, 0) is 6.42 Å². The molecular weight excluding hydrogens is 344 g/mol. The topological polar surface area (TPSA) is 68.6 Å². The number of amides is 1. The summed E-state index contributed by atoms with van der Waals surface area (Å²) in [7, 11) is 3.60. The van der Waals surface area contributed by atoms with Gasteiger partial charge in [0, 0.05) is 75.3 Å². The van der Waals surface area contributed by atoms with Crippen molar-refractivity contribution in [2.45, 2.75) is 44.9 Å². The standard InChI is InChI=1S/C20H32N4O3/c1-20(2)18(15-5-7-27-19(15)20)21-10-13-9-16(25)24(6-8-26-4)17(13)14-11-22-23(3)12-14/h11-13,15,17-19,21H,5-10H2,1-4H3/t13-,15+,17+,18+,19+/m0/s1. The average Bonchev–Trinajstić information content (AvgIpc) is 3.31. The highest BCUT2D eigenvalue weighted by molar-refractivity contribution is 5.79. The minimum Gasteiger partial charge on any atom is -0.383 e. The molecule has 7 heteroatoms. The first-order valence-electron chi connectivity index (χ1n) is 10.1. The predicted molar refractivity (Wildman–Crippen MR) is 101 cm³/mol. The molecule has 0 radical (unpaired) electrons. The highest BCUT2D eigenvalue weighted by Gasteiger charge is 2.59. The van der Waals surface area contributed by atoms with E-state index in [4.69, 9.17) is 9.47 Å². The van der Waals surface area contributed by atoms with Crippen LogP contribution in [0.1, 0.15) is 38.3 Å². The number of hydrogen-bond donors (Lipinski definition) is 1. The van der Waals surface area contributed by atoms with E-state index < -0.39 is 0 Å². The number of nitrogens with one attached hydrogen (secondary N) is 1. The van der Waals surface area contributed by atoms with Crippen LogP contribution in [-0.4, -0.2) is 66.1 Å². The van der Waals surface area contributed by atoms with E-state index in [1.807, 2.05) is 29.0 Å². The van der Waals surface area contributed by atoms with Crippen molar-refractivity contribution in [3.05, 3.63) is 18.0 Å². The van der Waals surface area contributed by atoms with Gasteiger partial charge < -0.3 is 19.7 Å². The van der Waals surface area contributed by atoms with E-state index in [1.165, 1.54) is 0 Å². The molecule has 27 heavy (non-hydrogen) atoms. The maximum Gasteiger partial charge on any atom is 0.223 e. The second kappa shape index (κ2) is 7.18. The van der Waals surface area contributed by atoms with E-state index in [0.717, 1.165) is 25.1 Å². The fourth-order valence-electron chi connectivity index (χ4n) is 5.56. The Morgan fingerprint density at radius 1 is 1.44 bits per heavy atom. The number of carbonyl (C=O) groups is 1. The molecule has 1 saturated carbocycles. The van der Waals surface area contributed by atoms with Gasteiger partial charge in [-0.2, -0.15) is 5.10 Å². The molecule has 1 N–H and O–H groups in total. The molecule has 4 rings (SSSR count). The summed E-state index contributed by atoms with van der Waals surface area (Å²) in [4.78, 5) is 14.7. The monoisotopic (exact) mass is 376 g/mol. The minimum atomic E-state index is 0.0627. The van der Waals surface area contributed by atoms with Crippen LogP contribution in [0.15, 0.2) is 12.4 Å². The van der Waals surface area contributed by atoms with Crippen molar-refractivity contribution >= 4 is 5.91 Å². The Kier molecular flexibility index (Phi) is 5.03. The summed E-state index contributed by atoms with van der Waals surface area (Å²) in [6.07, 6.45) is 6.02. The molecule has 0 bridgehead atoms. The first-order valence-corrected chi connectivity index (χ1v) is 10.1. The van der Waals surface area contributed by atoms with Crippen molar-refractivity contribution in [1.82, 2.24) is 20.0 Å². The summed E-state index contributed by atoms with van der Waals surface area (Å²) in [6.45, 7) is 7.48. The SMILES string of the molecule is COCCN1C(=O)C[C@@H](CN[C@@H]2[C@H]3CCO[C@H]3C2(C)C)[C@@H]1c1cnn(C)c1. The van der Waals surface area contributed by atoms with Gasteiger partial charge in [0.15, 0.2) is 0 Å². The number of methoxy groups -OCH3 is 1. The van der Waals surface area contributed by atoms with Crippen LogP contribution in [0.5, 0.6) is 0 Å². The Balaban J connectivity index is 1.48. The van der Waals surface area contributed by atoms with Gasteiger partial charge in [-0.15, -0.1) is 0 Å². The first kappa shape index (κ1) is 18.9. The number of aromatic nitrogens is 2. The van der Waals surface area contributed by atoms with Crippen molar-refractivity contribution in [2.75, 3.05) is 33.4 Å². The van der Waals surface area contributed by atoms with Crippen LogP contribution in [-0.2, 0) is 21.3 Å². The maximum atomic E-state index is 12.7. The number of carbonyl (C=O) groups excluding carboxylic acids is 1. The largest absolute Gasteiger partial charge is 0.383 e. The first-order chi connectivity index (χ1) is 12.9. The van der Waals surface area contributed by atoms with Crippen LogP contribution in [0, 0.1) is 17.3 Å². The smallest absolute Gasteiger partial charge is 0.223 e. The molecular formula is C20H32N4O3. The van der Waals surface area contributed by atoms with E-state index in [2.05, 4.69) is 24.3 Å². The van der Waals surface area contributed by atoms with E-state index in [-0.39, 0.29) is 23.3 Å². The molecule has 1 aromatic heterocycles. The molecule has 150 valence electrons. The van der Waals surface area contributed by atoms with Crippen LogP contribution in [0.4, 0.5) is 0 Å². The van der Waals surface area contributed by atoms with Crippen molar-refractivity contribution in [2.24, 2.45) is 24.3 Å². The van der Waals surface area contributed by atoms with E-state index in [9.17, 15) is 4.79 Å². The fourth-order valence-corrected chi connectivity index (χ4v) is 5.56. The molecule has 2 aliphatic heterocycles. The van der Waals surface area contributed by atoms with Gasteiger partial charge >= 0.3 is 0 Å². The molecule has 3 heterocycles. The molecule has 1 aliphatic carbocycles. The van der Waals surface area contributed by atoms with Crippen LogP contribution in [0.2, 0.25) is 0 Å². The molecule has 7 nitrogen and oxygen atoms in total. The zero-order chi connectivity index (χ0) is 19.2. The zero-order valence-electron chi connectivity index (χ0n) is 16.9. The summed E-state index contributed by atoms with van der Waals surface area (Å²) in [5.74, 6) is 1.07. The Morgan fingerprint density at radius 2 is 2.26 bits per heavy atom. The predicted octanol–water partition coefficient (Wildman–Crippen LogP) is 1.36. The van der Waals surface area contributed by atoms with Gasteiger partial charge in [0.2, 0.25) is 5.91 Å². The van der Waals surface area contributed by atoms with Gasteiger partial charge in [0.25, 0.3) is 0 Å². The van der Waals surface area contributed by atoms with Crippen LogP contribution in [0.3, 0.4) is 0 Å². The average molecular weight is 377 g/mol. The number of nitrogens with zero attached hydrogens (tertiary/aromatic N) is 3. The van der Waals surface area contributed by atoms with Crippen LogP contribution >= 0.6 is 0 Å². The van der Waals surface area contributed by atoms with Gasteiger partial charge in [0.05, 0.1) is 24.9 Å². The van der Waals surface area contributed by atoms with Gasteiger partial charge in [-0.25, -0.2) is 0 Å². The fraction of sp³-hybridized carbons (Fsp3) is 0.800. The maximum absolute atomic E-state index is 12.7. The Bertz CT molecular complexity index is 689. The number of aryl methyl sites for hydroxylation is 1. The number of ether oxygens (including phenoxy) is 2. The molecule has 1 aromatic rings. The number of rotatable bonds is 7. The molecule has 1 amide bonds. The lowest BCUT2D eigenvalue weighted by molar-refractivity contribution is -0.129. The molecule has 0 unspecified atom stereocenters. The highest BCUT2D eigenvalue weighted by Crippen LogP contribution is 2.52. The lowest BCUT2D eigenvalue weighted by Crippen LogP contribution is -2.66. The molecule has 0 aromatic carbocycles. The second-order valence-electron chi connectivity index (χ2n) is 8.89. The van der Waals surface area contributed by atoms with Crippen molar-refractivity contribution < 1.29 is 14.3 Å². The summed E-state index contributed by atoms with van der Waals surface area (Å²) < 4.78 is 13.0. The molecule has 2 saturated heterocycles. The third kappa shape index (κ3) is 3.19. The normalized spacial score (nSPS) is 34.7. The third-order valence-electron chi connectivity index (χ3n) is 6.84. The Morgan fingerprint density at radius 3 is 2.96 bits per heavy atom. The molecule has 0 spiro atoms. The number of likely N-dealkylation sites (tertiary alicyclic amines) is 1. The summed E-state index contributed by atoms with van der Waals surface area (Å²) in [5, 5.41) is 8.14. The lowest BCUT2D eigenvalue weighted by atomic mass is 9.57.